The maximum Gasteiger partial charge on any atom is 0.300 e. The normalized spacial score (nSPS) is 10.5. The smallest absolute Gasteiger partial charge is 0.300 e. The quantitative estimate of drug-likeness (QED) is 0.505. The number of carboxylic acids is 1. The van der Waals surface area contributed by atoms with Crippen LogP contribution in [0.1, 0.15) is 52.4 Å². The first kappa shape index (κ1) is 18.3. The maximum atomic E-state index is 9.00. The summed E-state index contributed by atoms with van der Waals surface area (Å²) in [5, 5.41) is 15.9. The Hall–Kier alpha value is -1.09. The van der Waals surface area contributed by atoms with Crippen LogP contribution >= 0.6 is 0 Å². The zero-order chi connectivity index (χ0) is 13.4. The van der Waals surface area contributed by atoms with Gasteiger partial charge in [-0.2, -0.15) is 0 Å². The fraction of sp³-hybridized carbons (Fsp3) is 0.643. The Morgan fingerprint density at radius 2 is 1.53 bits per heavy atom. The van der Waals surface area contributed by atoms with Crippen molar-refractivity contribution in [3.63, 3.8) is 0 Å². The zero-order valence-corrected chi connectivity index (χ0v) is 11.1. The van der Waals surface area contributed by atoms with Crippen molar-refractivity contribution in [2.45, 2.75) is 52.4 Å². The third-order valence-electron chi connectivity index (χ3n) is 1.89. The van der Waals surface area contributed by atoms with E-state index in [1.807, 2.05) is 0 Å². The number of aliphatic hydroxyl groups excluding tert-OH is 1. The monoisotopic (exact) mass is 242 g/mol. The number of aliphatic hydroxyl groups is 1. The molecule has 17 heavy (non-hydrogen) atoms. The van der Waals surface area contributed by atoms with Gasteiger partial charge in [0.15, 0.2) is 0 Å². The first-order chi connectivity index (χ1) is 8.15. The molecule has 0 bridgehead atoms. The molecule has 0 fully saturated rings. The van der Waals surface area contributed by atoms with E-state index in [0.717, 1.165) is 26.2 Å². The first-order valence-corrected chi connectivity index (χ1v) is 6.27. The number of hydrogen-bond acceptors (Lipinski definition) is 2. The van der Waals surface area contributed by atoms with Crippen molar-refractivity contribution >= 4 is 5.97 Å². The van der Waals surface area contributed by atoms with E-state index in [0.29, 0.717) is 6.61 Å². The highest BCUT2D eigenvalue weighted by Gasteiger charge is 1.80. The molecule has 2 N–H and O–H groups in total. The Kier molecular flexibility index (Phi) is 18.6. The summed E-state index contributed by atoms with van der Waals surface area (Å²) in [5.41, 5.74) is 0. The van der Waals surface area contributed by atoms with Gasteiger partial charge in [-0.1, -0.05) is 44.1 Å². The molecule has 0 aromatic heterocycles. The molecule has 100 valence electrons. The first-order valence-electron chi connectivity index (χ1n) is 6.27. The van der Waals surface area contributed by atoms with Crippen molar-refractivity contribution in [1.82, 2.24) is 0 Å². The van der Waals surface area contributed by atoms with Crippen LogP contribution < -0.4 is 0 Å². The molecule has 0 aliphatic heterocycles. The molecule has 3 nitrogen and oxygen atoms in total. The average molecular weight is 242 g/mol. The van der Waals surface area contributed by atoms with Gasteiger partial charge in [0, 0.05) is 13.5 Å². The molecule has 0 amide bonds. The summed E-state index contributed by atoms with van der Waals surface area (Å²) >= 11 is 0. The third kappa shape index (κ3) is 31.3. The fourth-order valence-electron chi connectivity index (χ4n) is 1.05. The van der Waals surface area contributed by atoms with Gasteiger partial charge < -0.3 is 10.2 Å². The van der Waals surface area contributed by atoms with Gasteiger partial charge in [0.1, 0.15) is 0 Å². The Bertz CT molecular complexity index is 204. The van der Waals surface area contributed by atoms with Crippen molar-refractivity contribution < 1.29 is 15.0 Å². The van der Waals surface area contributed by atoms with Crippen LogP contribution in [0.2, 0.25) is 0 Å². The highest BCUT2D eigenvalue weighted by atomic mass is 16.4. The van der Waals surface area contributed by atoms with Crippen LogP contribution in [-0.4, -0.2) is 22.8 Å². The number of unbranched alkanes of at least 4 members (excludes halogenated alkanes) is 4. The van der Waals surface area contributed by atoms with Crippen LogP contribution in [0.15, 0.2) is 24.3 Å². The molecule has 0 aromatic carbocycles. The number of allylic oxidation sites excluding steroid dienone is 4. The molecule has 0 aliphatic carbocycles. The summed E-state index contributed by atoms with van der Waals surface area (Å²) in [5.74, 6) is -0.833. The van der Waals surface area contributed by atoms with Crippen molar-refractivity contribution in [3.05, 3.63) is 24.3 Å². The van der Waals surface area contributed by atoms with Crippen LogP contribution in [0.5, 0.6) is 0 Å². The molecule has 0 heterocycles. The van der Waals surface area contributed by atoms with Crippen molar-refractivity contribution in [2.24, 2.45) is 0 Å². The molecule has 0 saturated carbocycles. The number of rotatable bonds is 8. The van der Waals surface area contributed by atoms with Gasteiger partial charge in [0.2, 0.25) is 0 Å². The summed E-state index contributed by atoms with van der Waals surface area (Å²) in [6, 6.07) is 0. The number of carboxylic acid groups (broad SMARTS) is 1. The predicted octanol–water partition coefficient (Wildman–Crippen LogP) is 3.54. The molecule has 0 rings (SSSR count). The molecular formula is C14H26O3. The van der Waals surface area contributed by atoms with E-state index in [-0.39, 0.29) is 0 Å². The standard InChI is InChI=1S/C12H22O.C2H4O2/c1-2-3-4-5-6-7-8-9-10-11-12-13;1-2(3)4/h5-8,13H,2-4,9-12H2,1H3;1H3,(H,3,4)/b6-5-,8-7+;. The van der Waals surface area contributed by atoms with E-state index >= 15 is 0 Å². The highest BCUT2D eigenvalue weighted by molar-refractivity contribution is 5.62. The summed E-state index contributed by atoms with van der Waals surface area (Å²) in [6.07, 6.45) is 15.4. The molecule has 0 unspecified atom stereocenters. The van der Waals surface area contributed by atoms with Gasteiger partial charge in [0.25, 0.3) is 5.97 Å². The van der Waals surface area contributed by atoms with Gasteiger partial charge in [-0.25, -0.2) is 0 Å². The largest absolute Gasteiger partial charge is 0.481 e. The van der Waals surface area contributed by atoms with E-state index in [2.05, 4.69) is 31.2 Å². The van der Waals surface area contributed by atoms with Gasteiger partial charge >= 0.3 is 0 Å². The SMILES string of the molecule is CC(=O)O.CCCC/C=C\C=C\CCCCO. The van der Waals surface area contributed by atoms with Crippen molar-refractivity contribution in [2.75, 3.05) is 6.61 Å². The molecule has 0 atom stereocenters. The second-order valence-electron chi connectivity index (χ2n) is 3.74. The number of hydrogen-bond donors (Lipinski definition) is 2. The van der Waals surface area contributed by atoms with E-state index < -0.39 is 5.97 Å². The lowest BCUT2D eigenvalue weighted by atomic mass is 10.2. The van der Waals surface area contributed by atoms with Gasteiger partial charge in [-0.05, 0) is 25.7 Å². The van der Waals surface area contributed by atoms with Gasteiger partial charge in [0.05, 0.1) is 0 Å². The van der Waals surface area contributed by atoms with Crippen LogP contribution in [0.25, 0.3) is 0 Å². The van der Waals surface area contributed by atoms with Gasteiger partial charge in [-0.15, -0.1) is 0 Å². The average Bonchev–Trinajstić information content (AvgIpc) is 2.26. The lowest BCUT2D eigenvalue weighted by Gasteiger charge is -1.89. The van der Waals surface area contributed by atoms with E-state index in [1.165, 1.54) is 19.3 Å². The van der Waals surface area contributed by atoms with E-state index in [4.69, 9.17) is 15.0 Å². The third-order valence-corrected chi connectivity index (χ3v) is 1.89. The molecule has 0 saturated heterocycles. The van der Waals surface area contributed by atoms with Crippen LogP contribution in [-0.2, 0) is 4.79 Å². The van der Waals surface area contributed by atoms with Crippen LogP contribution in [0.3, 0.4) is 0 Å². The fourth-order valence-corrected chi connectivity index (χ4v) is 1.05. The minimum atomic E-state index is -0.833. The second kappa shape index (κ2) is 17.3. The zero-order valence-electron chi connectivity index (χ0n) is 11.1. The summed E-state index contributed by atoms with van der Waals surface area (Å²) in [4.78, 5) is 9.00. The summed E-state index contributed by atoms with van der Waals surface area (Å²) < 4.78 is 0. The van der Waals surface area contributed by atoms with Crippen LogP contribution in [0.4, 0.5) is 0 Å². The summed E-state index contributed by atoms with van der Waals surface area (Å²) in [6.45, 7) is 3.61. The van der Waals surface area contributed by atoms with Crippen molar-refractivity contribution in [3.8, 4) is 0 Å². The number of carbonyl (C=O) groups is 1. The van der Waals surface area contributed by atoms with Crippen LogP contribution in [0, 0.1) is 0 Å². The molecular weight excluding hydrogens is 216 g/mol. The Labute approximate surface area is 105 Å². The highest BCUT2D eigenvalue weighted by Crippen LogP contribution is 1.97. The van der Waals surface area contributed by atoms with E-state index in [9.17, 15) is 0 Å². The lowest BCUT2D eigenvalue weighted by Crippen LogP contribution is -1.79. The topological polar surface area (TPSA) is 57.5 Å². The molecule has 0 radical (unpaired) electrons. The Balaban J connectivity index is 0. The maximum absolute atomic E-state index is 9.00. The van der Waals surface area contributed by atoms with Gasteiger partial charge in [-0.3, -0.25) is 4.79 Å². The summed E-state index contributed by atoms with van der Waals surface area (Å²) in [7, 11) is 0. The molecule has 0 aliphatic rings. The Morgan fingerprint density at radius 1 is 1.06 bits per heavy atom. The van der Waals surface area contributed by atoms with Crippen molar-refractivity contribution in [1.29, 1.82) is 0 Å². The predicted molar refractivity (Wildman–Crippen MR) is 72.1 cm³/mol. The number of aliphatic carboxylic acids is 1. The lowest BCUT2D eigenvalue weighted by molar-refractivity contribution is -0.134. The second-order valence-corrected chi connectivity index (χ2v) is 3.74. The molecule has 0 spiro atoms. The minimum absolute atomic E-state index is 0.320. The minimum Gasteiger partial charge on any atom is -0.481 e. The van der Waals surface area contributed by atoms with E-state index in [1.54, 1.807) is 0 Å². The molecule has 3 heteroatoms. The Morgan fingerprint density at radius 3 is 1.94 bits per heavy atom. The molecule has 0 aromatic rings.